The van der Waals surface area contributed by atoms with Crippen molar-refractivity contribution in [3.63, 3.8) is 0 Å². The third-order valence-corrected chi connectivity index (χ3v) is 2.68. The summed E-state index contributed by atoms with van der Waals surface area (Å²) >= 11 is 0. The number of aryl methyl sites for hydroxylation is 1. The van der Waals surface area contributed by atoms with Crippen LogP contribution in [0.25, 0.3) is 0 Å². The summed E-state index contributed by atoms with van der Waals surface area (Å²) in [6, 6.07) is 9.44. The summed E-state index contributed by atoms with van der Waals surface area (Å²) < 4.78 is 1.47. The van der Waals surface area contributed by atoms with Gasteiger partial charge in [0.15, 0.2) is 0 Å². The zero-order valence-corrected chi connectivity index (χ0v) is 9.64. The van der Waals surface area contributed by atoms with Crippen molar-refractivity contribution in [2.24, 2.45) is 0 Å². The third kappa shape index (κ3) is 2.72. The maximum absolute atomic E-state index is 11.5. The summed E-state index contributed by atoms with van der Waals surface area (Å²) in [7, 11) is 0. The van der Waals surface area contributed by atoms with Crippen molar-refractivity contribution < 1.29 is 0 Å². The Morgan fingerprint density at radius 2 is 1.71 bits per heavy atom. The van der Waals surface area contributed by atoms with Gasteiger partial charge in [-0.3, -0.25) is 14.3 Å². The van der Waals surface area contributed by atoms with Crippen molar-refractivity contribution in [1.29, 1.82) is 0 Å². The number of nitrogens with zero attached hydrogens (tertiary/aromatic N) is 1. The maximum Gasteiger partial charge on any atom is 0.328 e. The van der Waals surface area contributed by atoms with Crippen molar-refractivity contribution in [2.75, 3.05) is 0 Å². The Hall–Kier alpha value is -2.10. The number of nitrogens with one attached hydrogen (secondary N) is 1. The van der Waals surface area contributed by atoms with E-state index in [1.807, 2.05) is 24.3 Å². The fraction of sp³-hybridized carbons (Fsp3) is 0.231. The fourth-order valence-corrected chi connectivity index (χ4v) is 1.65. The molecule has 88 valence electrons. The number of H-pyrrole nitrogens is 1. The van der Waals surface area contributed by atoms with Crippen LogP contribution in [0.15, 0.2) is 46.1 Å². The van der Waals surface area contributed by atoms with Crippen LogP contribution < -0.4 is 11.2 Å². The van der Waals surface area contributed by atoms with Crippen molar-refractivity contribution in [2.45, 2.75) is 19.9 Å². The van der Waals surface area contributed by atoms with Gasteiger partial charge in [-0.05, 0) is 17.5 Å². The summed E-state index contributed by atoms with van der Waals surface area (Å²) in [5.41, 5.74) is 1.56. The highest BCUT2D eigenvalue weighted by atomic mass is 16.2. The molecule has 1 aromatic heterocycles. The van der Waals surface area contributed by atoms with Gasteiger partial charge in [0, 0.05) is 12.3 Å². The van der Waals surface area contributed by atoms with Gasteiger partial charge in [-0.15, -0.1) is 0 Å². The lowest BCUT2D eigenvalue weighted by atomic mass is 10.1. The van der Waals surface area contributed by atoms with Gasteiger partial charge >= 0.3 is 5.69 Å². The first-order chi connectivity index (χ1) is 8.19. The molecule has 0 amide bonds. The summed E-state index contributed by atoms with van der Waals surface area (Å²) in [4.78, 5) is 24.6. The molecule has 2 aromatic rings. The smallest absolute Gasteiger partial charge is 0.296 e. The second-order valence-corrected chi connectivity index (χ2v) is 3.91. The molecule has 0 radical (unpaired) electrons. The van der Waals surface area contributed by atoms with E-state index in [-0.39, 0.29) is 11.2 Å². The van der Waals surface area contributed by atoms with Crippen LogP contribution in [0.5, 0.6) is 0 Å². The molecule has 0 saturated heterocycles. The topological polar surface area (TPSA) is 54.9 Å². The molecule has 4 heteroatoms. The SMILES string of the molecule is CCc1ccc(Cn2ccc(=O)[nH]c2=O)cc1. The summed E-state index contributed by atoms with van der Waals surface area (Å²) in [5.74, 6) is 0. The quantitative estimate of drug-likeness (QED) is 0.859. The zero-order valence-electron chi connectivity index (χ0n) is 9.64. The van der Waals surface area contributed by atoms with E-state index >= 15 is 0 Å². The van der Waals surface area contributed by atoms with Crippen LogP contribution in [0, 0.1) is 0 Å². The molecule has 0 spiro atoms. The Labute approximate surface area is 98.6 Å². The van der Waals surface area contributed by atoms with Gasteiger partial charge in [0.1, 0.15) is 0 Å². The highest BCUT2D eigenvalue weighted by Crippen LogP contribution is 2.05. The van der Waals surface area contributed by atoms with Crippen LogP contribution in [-0.2, 0) is 13.0 Å². The first-order valence-corrected chi connectivity index (χ1v) is 5.56. The van der Waals surface area contributed by atoms with E-state index in [9.17, 15) is 9.59 Å². The summed E-state index contributed by atoms with van der Waals surface area (Å²) in [6.07, 6.45) is 2.51. The molecule has 1 N–H and O–H groups in total. The van der Waals surface area contributed by atoms with Crippen molar-refractivity contribution >= 4 is 0 Å². The second kappa shape index (κ2) is 4.82. The summed E-state index contributed by atoms with van der Waals surface area (Å²) in [5, 5.41) is 0. The van der Waals surface area contributed by atoms with Gasteiger partial charge in [-0.25, -0.2) is 4.79 Å². The predicted molar refractivity (Wildman–Crippen MR) is 66.2 cm³/mol. The van der Waals surface area contributed by atoms with Crippen LogP contribution in [0.2, 0.25) is 0 Å². The lowest BCUT2D eigenvalue weighted by molar-refractivity contribution is 0.720. The third-order valence-electron chi connectivity index (χ3n) is 2.68. The monoisotopic (exact) mass is 230 g/mol. The number of rotatable bonds is 3. The fourth-order valence-electron chi connectivity index (χ4n) is 1.65. The number of aromatic nitrogens is 2. The molecule has 0 aliphatic carbocycles. The number of aromatic amines is 1. The van der Waals surface area contributed by atoms with E-state index < -0.39 is 0 Å². The standard InChI is InChI=1S/C13H14N2O2/c1-2-10-3-5-11(6-4-10)9-15-8-7-12(16)14-13(15)17/h3-8H,2,9H2,1H3,(H,14,16,17). The minimum atomic E-state index is -0.378. The molecule has 0 aliphatic heterocycles. The number of benzene rings is 1. The molecule has 2 rings (SSSR count). The molecule has 0 bridgehead atoms. The Balaban J connectivity index is 2.25. The Morgan fingerprint density at radius 3 is 2.29 bits per heavy atom. The second-order valence-electron chi connectivity index (χ2n) is 3.91. The van der Waals surface area contributed by atoms with Crippen molar-refractivity contribution in [3.05, 3.63) is 68.5 Å². The molecule has 0 saturated carbocycles. The molecule has 0 fully saturated rings. The van der Waals surface area contributed by atoms with Crippen molar-refractivity contribution in [3.8, 4) is 0 Å². The number of hydrogen-bond acceptors (Lipinski definition) is 2. The average Bonchev–Trinajstić information content (AvgIpc) is 2.34. The van der Waals surface area contributed by atoms with Crippen molar-refractivity contribution in [1.82, 2.24) is 9.55 Å². The zero-order chi connectivity index (χ0) is 12.3. The van der Waals surface area contributed by atoms with Crippen LogP contribution in [0.4, 0.5) is 0 Å². The molecule has 0 aliphatic rings. The van der Waals surface area contributed by atoms with Crippen LogP contribution in [0.3, 0.4) is 0 Å². The normalized spacial score (nSPS) is 10.4. The highest BCUT2D eigenvalue weighted by molar-refractivity contribution is 5.22. The van der Waals surface area contributed by atoms with Crippen LogP contribution >= 0.6 is 0 Å². The molecule has 0 atom stereocenters. The lowest BCUT2D eigenvalue weighted by Crippen LogP contribution is -2.28. The minimum Gasteiger partial charge on any atom is -0.296 e. The molecule has 1 heterocycles. The Bertz CT molecular complexity index is 608. The maximum atomic E-state index is 11.5. The molecular formula is C13H14N2O2. The highest BCUT2D eigenvalue weighted by Gasteiger charge is 1.98. The minimum absolute atomic E-state index is 0.368. The van der Waals surface area contributed by atoms with E-state index in [1.54, 1.807) is 0 Å². The molecular weight excluding hydrogens is 216 g/mol. The van der Waals surface area contributed by atoms with Gasteiger partial charge in [0.05, 0.1) is 6.54 Å². The van der Waals surface area contributed by atoms with E-state index in [1.165, 1.54) is 22.4 Å². The van der Waals surface area contributed by atoms with Gasteiger partial charge in [-0.2, -0.15) is 0 Å². The predicted octanol–water partition coefficient (Wildman–Crippen LogP) is 1.15. The Morgan fingerprint density at radius 1 is 1.06 bits per heavy atom. The molecule has 17 heavy (non-hydrogen) atoms. The van der Waals surface area contributed by atoms with E-state index in [0.717, 1.165) is 12.0 Å². The van der Waals surface area contributed by atoms with Crippen LogP contribution in [-0.4, -0.2) is 9.55 Å². The Kier molecular flexibility index (Phi) is 3.23. The average molecular weight is 230 g/mol. The van der Waals surface area contributed by atoms with Gasteiger partial charge in [0.25, 0.3) is 5.56 Å². The molecule has 0 unspecified atom stereocenters. The first kappa shape index (κ1) is 11.4. The van der Waals surface area contributed by atoms with E-state index in [4.69, 9.17) is 0 Å². The number of hydrogen-bond donors (Lipinski definition) is 1. The van der Waals surface area contributed by atoms with Gasteiger partial charge in [0.2, 0.25) is 0 Å². The van der Waals surface area contributed by atoms with Gasteiger partial charge in [-0.1, -0.05) is 31.2 Å². The molecule has 4 nitrogen and oxygen atoms in total. The lowest BCUT2D eigenvalue weighted by Gasteiger charge is -2.05. The van der Waals surface area contributed by atoms with E-state index in [0.29, 0.717) is 6.54 Å². The van der Waals surface area contributed by atoms with Gasteiger partial charge < -0.3 is 0 Å². The largest absolute Gasteiger partial charge is 0.328 e. The van der Waals surface area contributed by atoms with Crippen LogP contribution in [0.1, 0.15) is 18.1 Å². The summed E-state index contributed by atoms with van der Waals surface area (Å²) in [6.45, 7) is 2.57. The van der Waals surface area contributed by atoms with E-state index in [2.05, 4.69) is 11.9 Å². The molecule has 1 aromatic carbocycles. The first-order valence-electron chi connectivity index (χ1n) is 5.56.